The standard InChI is InChI=1S/C71H118N18O19S2/c1-11-37(4)53-65(104)82-46-35-109-110-36-47(62(101)86-55(39(6)13-3)69(108)88-29-19-22-48(88)63(102)78-42(31-52(93)94)57(96)74-26-16-14-15-25-51(92)76-40(7)56(95)84-53)83-66(105)54(38(5)12-2)85-64(103)49-23-18-28-87(49)68(107)50-24-20-30-89(50)67(106)43(32-71(8,9)10)79-60(99)45(34-91)80-58(97)41(21-17-27-75-70(72)73)77-59(98)44(33-90)81-61(46)100/h37-50,53-55,90-91H,11-36H2,1-10H3,(H,74,96)(H,76,92)(H,77,98)(H,78,102)(H,79,99)(H,80,97)(H,81,100)(H,82,104)(H,83,105)(H,84,95)(H,85,103)(H,86,101)(H,93,94)(H4,72,73,75)/t37-,38-,39-,40-,41-,42-,43-,44-,45-,46-,47-,48-,49-,50-,53-,54-,55-/m0/s1. The number of rotatable bonds is 15. The average molecular weight is 1590 g/mol. The molecule has 0 radical (unpaired) electrons. The molecule has 5 aliphatic rings. The Bertz CT molecular complexity index is 3310. The van der Waals surface area contributed by atoms with Gasteiger partial charge in [0.15, 0.2) is 5.96 Å². The number of aliphatic carboxylic acids is 1. The predicted molar refractivity (Wildman–Crippen MR) is 406 cm³/mol. The third-order valence-electron chi connectivity index (χ3n) is 20.5. The molecule has 618 valence electrons. The summed E-state index contributed by atoms with van der Waals surface area (Å²) >= 11 is 0. The number of guanidine groups is 1. The fourth-order valence-electron chi connectivity index (χ4n) is 13.5. The zero-order valence-electron chi connectivity index (χ0n) is 64.8. The summed E-state index contributed by atoms with van der Waals surface area (Å²) in [4.78, 5) is 238. The van der Waals surface area contributed by atoms with Crippen molar-refractivity contribution < 1.29 is 92.0 Å². The maximum absolute atomic E-state index is 15.3. The lowest BCUT2D eigenvalue weighted by Crippen LogP contribution is -2.62. The van der Waals surface area contributed by atoms with Crippen LogP contribution in [-0.2, 0) is 76.7 Å². The molecule has 0 aromatic heterocycles. The Morgan fingerprint density at radius 3 is 1.44 bits per heavy atom. The largest absolute Gasteiger partial charge is 0.481 e. The van der Waals surface area contributed by atoms with Crippen molar-refractivity contribution in [3.8, 4) is 0 Å². The van der Waals surface area contributed by atoms with E-state index in [1.54, 1.807) is 62.3 Å². The van der Waals surface area contributed by atoms with Crippen molar-refractivity contribution in [2.45, 2.75) is 263 Å². The number of aliphatic imine (C=N–C) groups is 1. The number of hydrogen-bond donors (Lipinski definition) is 17. The molecular weight excluding hydrogens is 1470 g/mol. The third-order valence-corrected chi connectivity index (χ3v) is 22.9. The van der Waals surface area contributed by atoms with Gasteiger partial charge >= 0.3 is 5.97 Å². The van der Waals surface area contributed by atoms with Gasteiger partial charge in [-0.15, -0.1) is 0 Å². The van der Waals surface area contributed by atoms with Crippen molar-refractivity contribution in [3.05, 3.63) is 0 Å². The van der Waals surface area contributed by atoms with Crippen LogP contribution in [0.2, 0.25) is 0 Å². The molecular formula is C71H118N18O19S2. The molecule has 0 spiro atoms. The Balaban J connectivity index is 1.68. The Labute approximate surface area is 649 Å². The quantitative estimate of drug-likeness (QED) is 0.0327. The van der Waals surface area contributed by atoms with Crippen molar-refractivity contribution >= 4 is 122 Å². The molecule has 19 N–H and O–H groups in total. The van der Waals surface area contributed by atoms with Crippen LogP contribution >= 0.6 is 21.6 Å². The zero-order valence-corrected chi connectivity index (χ0v) is 66.5. The SMILES string of the molecule is CC[C@H](C)[C@@H]1NC(=O)[C@H](C)NC(=O)CCCCCNC(=O)[C@H](CC(=O)O)NC(=O)[C@@H]2CCCN2C(=O)[C@H]([C@@H](C)CC)NC(=O)[C@@H]2CSSC[C@H](NC1=O)C(=O)N[C@@H](CO)C(=O)N[C@@H](CCCN=C(N)N)C(=O)N[C@@H](CO)C(=O)N[C@@H](CC(C)(C)C)C(=O)N1CCC[C@H]1C(=O)N1CCC[C@H]1C(=O)N[C@@H]([C@@H](C)CC)C(=O)N2. The molecule has 17 atom stereocenters. The van der Waals surface area contributed by atoms with Gasteiger partial charge in [0.05, 0.1) is 19.6 Å². The van der Waals surface area contributed by atoms with Gasteiger partial charge in [-0.25, -0.2) is 0 Å². The lowest BCUT2D eigenvalue weighted by Gasteiger charge is -2.35. The van der Waals surface area contributed by atoms with Gasteiger partial charge < -0.3 is 105 Å². The van der Waals surface area contributed by atoms with E-state index < -0.39 is 233 Å². The number of hydrogen-bond acceptors (Lipinski definition) is 21. The normalized spacial score (nSPS) is 29.4. The molecule has 5 fully saturated rings. The summed E-state index contributed by atoms with van der Waals surface area (Å²) in [7, 11) is 1.72. The Morgan fingerprint density at radius 2 is 0.927 bits per heavy atom. The molecule has 0 aromatic carbocycles. The van der Waals surface area contributed by atoms with Crippen LogP contribution in [0.3, 0.4) is 0 Å². The van der Waals surface area contributed by atoms with Gasteiger partial charge in [-0.2, -0.15) is 0 Å². The van der Waals surface area contributed by atoms with Crippen molar-refractivity contribution in [3.63, 3.8) is 0 Å². The summed E-state index contributed by atoms with van der Waals surface area (Å²) in [5.74, 6) is -17.6. The number of carbonyl (C=O) groups is 16. The minimum atomic E-state index is -1.92. The first-order chi connectivity index (χ1) is 52.0. The molecule has 0 aromatic rings. The molecule has 110 heavy (non-hydrogen) atoms. The molecule has 5 heterocycles. The summed E-state index contributed by atoms with van der Waals surface area (Å²) in [5, 5.41) is 63.0. The number of aliphatic hydroxyl groups is 2. The third kappa shape index (κ3) is 27.4. The van der Waals surface area contributed by atoms with Gasteiger partial charge in [-0.3, -0.25) is 81.7 Å². The molecule has 39 heteroatoms. The van der Waals surface area contributed by atoms with E-state index in [9.17, 15) is 77.6 Å². The summed E-state index contributed by atoms with van der Waals surface area (Å²) in [6.07, 6.45) is 1.88. The fourth-order valence-corrected chi connectivity index (χ4v) is 15.8. The summed E-state index contributed by atoms with van der Waals surface area (Å²) in [5.41, 5.74) is 10.5. The van der Waals surface area contributed by atoms with Gasteiger partial charge in [0.2, 0.25) is 88.6 Å². The molecule has 0 aliphatic carbocycles. The smallest absolute Gasteiger partial charge is 0.305 e. The number of nitrogens with zero attached hydrogens (tertiary/aromatic N) is 4. The maximum atomic E-state index is 15.3. The Kier molecular flexibility index (Phi) is 37.2. The molecule has 0 unspecified atom stereocenters. The van der Waals surface area contributed by atoms with Crippen LogP contribution in [0.4, 0.5) is 0 Å². The lowest BCUT2D eigenvalue weighted by atomic mass is 9.87. The monoisotopic (exact) mass is 1590 g/mol. The van der Waals surface area contributed by atoms with E-state index in [0.29, 0.717) is 25.7 Å². The topological polar surface area (TPSA) is 552 Å². The van der Waals surface area contributed by atoms with Crippen LogP contribution in [-0.4, -0.2) is 273 Å². The van der Waals surface area contributed by atoms with Crippen molar-refractivity contribution in [1.29, 1.82) is 0 Å². The number of aliphatic hydroxyl groups excluding tert-OH is 2. The van der Waals surface area contributed by atoms with Gasteiger partial charge in [-0.05, 0) is 101 Å². The minimum absolute atomic E-state index is 0.00122. The summed E-state index contributed by atoms with van der Waals surface area (Å²) in [6.45, 7) is 14.8. The second-order valence-corrected chi connectivity index (χ2v) is 32.8. The number of carboxylic acid groups (broad SMARTS) is 1. The first-order valence-electron chi connectivity index (χ1n) is 38.2. The molecule has 5 rings (SSSR count). The van der Waals surface area contributed by atoms with Crippen LogP contribution < -0.4 is 75.3 Å². The molecule has 5 saturated heterocycles. The second-order valence-electron chi connectivity index (χ2n) is 30.2. The molecule has 2 bridgehead atoms. The average Bonchev–Trinajstić information content (AvgIpc) is 1.62. The van der Waals surface area contributed by atoms with Crippen LogP contribution in [0, 0.1) is 23.2 Å². The maximum Gasteiger partial charge on any atom is 0.305 e. The lowest BCUT2D eigenvalue weighted by molar-refractivity contribution is -0.148. The highest BCUT2D eigenvalue weighted by Gasteiger charge is 2.47. The number of nitrogens with two attached hydrogens (primary N) is 2. The van der Waals surface area contributed by atoms with E-state index in [1.165, 1.54) is 21.6 Å². The van der Waals surface area contributed by atoms with Gasteiger partial charge in [0, 0.05) is 50.7 Å². The first-order valence-corrected chi connectivity index (χ1v) is 40.7. The Morgan fingerprint density at radius 1 is 0.491 bits per heavy atom. The fraction of sp³-hybridized carbons (Fsp3) is 0.761. The van der Waals surface area contributed by atoms with E-state index in [1.807, 2.05) is 0 Å². The second kappa shape index (κ2) is 44.5. The van der Waals surface area contributed by atoms with E-state index in [2.05, 4.69) is 68.8 Å². The highest BCUT2D eigenvalue weighted by Crippen LogP contribution is 2.30. The first kappa shape index (κ1) is 92.0. The predicted octanol–water partition coefficient (Wildman–Crippen LogP) is -3.52. The highest BCUT2D eigenvalue weighted by atomic mass is 33.1. The molecule has 0 saturated carbocycles. The van der Waals surface area contributed by atoms with Crippen LogP contribution in [0.1, 0.15) is 178 Å². The van der Waals surface area contributed by atoms with Crippen molar-refractivity contribution in [1.82, 2.24) is 78.5 Å². The van der Waals surface area contributed by atoms with Gasteiger partial charge in [-0.1, -0.05) is 110 Å². The molecule has 15 amide bonds. The highest BCUT2D eigenvalue weighted by molar-refractivity contribution is 8.76. The van der Waals surface area contributed by atoms with Crippen molar-refractivity contribution in [2.75, 3.05) is 57.4 Å². The number of carboxylic acids is 1. The molecule has 37 nitrogen and oxygen atoms in total. The number of fused-ring (bicyclic) bond motifs is 8. The number of nitrogens with one attached hydrogen (secondary N) is 12. The van der Waals surface area contributed by atoms with Crippen LogP contribution in [0.5, 0.6) is 0 Å². The number of carbonyl (C=O) groups excluding carboxylic acids is 15. The van der Waals surface area contributed by atoms with Crippen LogP contribution in [0.15, 0.2) is 4.99 Å². The van der Waals surface area contributed by atoms with Gasteiger partial charge in [0.25, 0.3) is 0 Å². The minimum Gasteiger partial charge on any atom is -0.481 e. The Hall–Kier alpha value is -8.59. The van der Waals surface area contributed by atoms with Gasteiger partial charge in [0.1, 0.15) is 84.6 Å². The van der Waals surface area contributed by atoms with E-state index in [-0.39, 0.29) is 116 Å². The molecule has 5 aliphatic heterocycles. The summed E-state index contributed by atoms with van der Waals surface area (Å²) < 4.78 is 0. The van der Waals surface area contributed by atoms with Crippen molar-refractivity contribution in [2.24, 2.45) is 39.6 Å². The number of amides is 15. The van der Waals surface area contributed by atoms with E-state index in [4.69, 9.17) is 11.5 Å². The summed E-state index contributed by atoms with van der Waals surface area (Å²) in [6, 6.07) is -20.7. The van der Waals surface area contributed by atoms with E-state index >= 15 is 14.4 Å². The van der Waals surface area contributed by atoms with E-state index in [0.717, 1.165) is 21.6 Å². The van der Waals surface area contributed by atoms with Crippen LogP contribution in [0.25, 0.3) is 0 Å². The zero-order chi connectivity index (χ0) is 81.9.